The lowest BCUT2D eigenvalue weighted by Crippen LogP contribution is -2.55. The Balaban J connectivity index is 1.23. The van der Waals surface area contributed by atoms with Crippen molar-refractivity contribution in [3.8, 4) is 0 Å². The third-order valence-corrected chi connectivity index (χ3v) is 10.3. The molecule has 3 heterocycles. The molecule has 2 saturated heterocycles. The summed E-state index contributed by atoms with van der Waals surface area (Å²) in [5.41, 5.74) is 5.69. The average Bonchev–Trinajstić information content (AvgIpc) is 3.11. The van der Waals surface area contributed by atoms with Crippen molar-refractivity contribution in [2.24, 2.45) is 0 Å². The van der Waals surface area contributed by atoms with Crippen molar-refractivity contribution in [1.29, 1.82) is 0 Å². The van der Waals surface area contributed by atoms with E-state index in [1.165, 1.54) is 17.6 Å². The maximum absolute atomic E-state index is 13.4. The number of aryl methyl sites for hydroxylation is 2. The van der Waals surface area contributed by atoms with Crippen molar-refractivity contribution < 1.29 is 14.3 Å². The fourth-order valence-corrected chi connectivity index (χ4v) is 7.22. The number of hydrogen-bond donors (Lipinski definition) is 0. The van der Waals surface area contributed by atoms with Gasteiger partial charge in [-0.2, -0.15) is 0 Å². The third-order valence-electron chi connectivity index (χ3n) is 10.3. The zero-order valence-electron chi connectivity index (χ0n) is 29.7. The monoisotopic (exact) mass is 654 g/mol. The lowest BCUT2D eigenvalue weighted by atomic mass is 9.86. The molecule has 9 nitrogen and oxygen atoms in total. The number of likely N-dealkylation sites (tertiary alicyclic amines) is 1. The van der Waals surface area contributed by atoms with Gasteiger partial charge in [0.05, 0.1) is 36.1 Å². The van der Waals surface area contributed by atoms with Gasteiger partial charge in [0.2, 0.25) is 5.91 Å². The van der Waals surface area contributed by atoms with Crippen LogP contribution in [0.25, 0.3) is 0 Å². The number of rotatable bonds is 13. The van der Waals surface area contributed by atoms with Crippen LogP contribution < -0.4 is 4.90 Å². The summed E-state index contributed by atoms with van der Waals surface area (Å²) >= 11 is 0. The Bertz CT molecular complexity index is 1460. The fourth-order valence-electron chi connectivity index (χ4n) is 7.22. The number of piperidine rings is 1. The van der Waals surface area contributed by atoms with Gasteiger partial charge in [0.1, 0.15) is 6.33 Å². The first-order valence-electron chi connectivity index (χ1n) is 17.8. The molecular weight excluding hydrogens is 600 g/mol. The molecule has 0 radical (unpaired) electrons. The van der Waals surface area contributed by atoms with E-state index in [1.807, 2.05) is 30.6 Å². The number of morpholine rings is 1. The SMILES string of the molecule is CCCN(CCCN(Cc1ccccc1)c1ccc(C(C)C(=O)N2CCOCC2)cc1)C1(C)CCN(C(=O)c2c(C)ncnc2C)CC1. The first-order chi connectivity index (χ1) is 23.2. The van der Waals surface area contributed by atoms with E-state index in [4.69, 9.17) is 4.74 Å². The van der Waals surface area contributed by atoms with Crippen LogP contribution in [-0.2, 0) is 16.1 Å². The molecule has 0 bridgehead atoms. The highest BCUT2D eigenvalue weighted by atomic mass is 16.5. The minimum absolute atomic E-state index is 0.0408. The highest BCUT2D eigenvalue weighted by Crippen LogP contribution is 2.31. The van der Waals surface area contributed by atoms with Crippen LogP contribution in [0.15, 0.2) is 60.9 Å². The van der Waals surface area contributed by atoms with Gasteiger partial charge in [-0.1, -0.05) is 49.4 Å². The number of carbonyl (C=O) groups is 2. The quantitative estimate of drug-likeness (QED) is 0.229. The van der Waals surface area contributed by atoms with E-state index in [1.54, 1.807) is 0 Å². The number of anilines is 1. The Morgan fingerprint density at radius 1 is 0.875 bits per heavy atom. The van der Waals surface area contributed by atoms with Gasteiger partial charge in [0.15, 0.2) is 0 Å². The van der Waals surface area contributed by atoms with Gasteiger partial charge in [-0.15, -0.1) is 0 Å². The van der Waals surface area contributed by atoms with Crippen LogP contribution in [0, 0.1) is 13.8 Å². The molecule has 1 atom stereocenters. The van der Waals surface area contributed by atoms with Gasteiger partial charge in [-0.25, -0.2) is 9.97 Å². The largest absolute Gasteiger partial charge is 0.378 e. The number of amides is 2. The summed E-state index contributed by atoms with van der Waals surface area (Å²) in [7, 11) is 0. The molecule has 2 aromatic carbocycles. The van der Waals surface area contributed by atoms with E-state index in [9.17, 15) is 9.59 Å². The van der Waals surface area contributed by atoms with Crippen LogP contribution in [0.1, 0.15) is 85.2 Å². The van der Waals surface area contributed by atoms with Crippen LogP contribution in [0.2, 0.25) is 0 Å². The number of aromatic nitrogens is 2. The molecule has 5 rings (SSSR count). The molecule has 48 heavy (non-hydrogen) atoms. The van der Waals surface area contributed by atoms with E-state index in [2.05, 4.69) is 88.2 Å². The summed E-state index contributed by atoms with van der Waals surface area (Å²) in [4.78, 5) is 44.2. The normalized spacial score (nSPS) is 17.0. The summed E-state index contributed by atoms with van der Waals surface area (Å²) < 4.78 is 5.44. The molecule has 9 heteroatoms. The summed E-state index contributed by atoms with van der Waals surface area (Å²) in [5.74, 6) is 0.0437. The van der Waals surface area contributed by atoms with Crippen molar-refractivity contribution in [1.82, 2.24) is 24.7 Å². The molecule has 1 aromatic heterocycles. The molecule has 2 fully saturated rings. The van der Waals surface area contributed by atoms with Crippen molar-refractivity contribution >= 4 is 17.5 Å². The van der Waals surface area contributed by atoms with Crippen LogP contribution in [0.4, 0.5) is 5.69 Å². The van der Waals surface area contributed by atoms with Gasteiger partial charge in [-0.05, 0) is 83.2 Å². The summed E-state index contributed by atoms with van der Waals surface area (Å²) in [5, 5.41) is 0. The minimum Gasteiger partial charge on any atom is -0.378 e. The Labute approximate surface area is 287 Å². The summed E-state index contributed by atoms with van der Waals surface area (Å²) in [6, 6.07) is 19.3. The van der Waals surface area contributed by atoms with E-state index >= 15 is 0 Å². The molecule has 0 aliphatic carbocycles. The van der Waals surface area contributed by atoms with Crippen molar-refractivity contribution in [2.45, 2.75) is 78.3 Å². The van der Waals surface area contributed by atoms with Gasteiger partial charge in [0.25, 0.3) is 5.91 Å². The molecule has 0 spiro atoms. The van der Waals surface area contributed by atoms with Gasteiger partial charge in [0, 0.05) is 57.0 Å². The zero-order valence-corrected chi connectivity index (χ0v) is 29.7. The van der Waals surface area contributed by atoms with Crippen LogP contribution in [0.3, 0.4) is 0 Å². The van der Waals surface area contributed by atoms with E-state index in [-0.39, 0.29) is 23.3 Å². The van der Waals surface area contributed by atoms with Crippen LogP contribution in [0.5, 0.6) is 0 Å². The fraction of sp³-hybridized carbons (Fsp3) is 0.538. The highest BCUT2D eigenvalue weighted by molar-refractivity contribution is 5.96. The van der Waals surface area contributed by atoms with Crippen molar-refractivity contribution in [3.05, 3.63) is 89.0 Å². The number of ether oxygens (including phenoxy) is 1. The average molecular weight is 655 g/mol. The Morgan fingerprint density at radius 2 is 1.52 bits per heavy atom. The number of carbonyl (C=O) groups excluding carboxylic acids is 2. The lowest BCUT2D eigenvalue weighted by molar-refractivity contribution is -0.136. The first-order valence-corrected chi connectivity index (χ1v) is 17.8. The number of nitrogens with zero attached hydrogens (tertiary/aromatic N) is 6. The second kappa shape index (κ2) is 16.5. The maximum atomic E-state index is 13.4. The standard InChI is InChI=1S/C39H54N6O3/c1-6-19-45(39(5)17-22-42(23-18-39)38(47)36-31(3)40-29-41-32(36)4)21-10-20-44(28-33-11-8-7-9-12-33)35-15-13-34(14-16-35)30(2)37(46)43-24-26-48-27-25-43/h7-9,11-16,29-30H,6,10,17-28H2,1-5H3. The topological polar surface area (TPSA) is 82.1 Å². The summed E-state index contributed by atoms with van der Waals surface area (Å²) in [6.07, 6.45) is 5.54. The van der Waals surface area contributed by atoms with Gasteiger partial charge < -0.3 is 19.4 Å². The van der Waals surface area contributed by atoms with Gasteiger partial charge >= 0.3 is 0 Å². The van der Waals surface area contributed by atoms with E-state index < -0.39 is 0 Å². The van der Waals surface area contributed by atoms with E-state index in [0.717, 1.165) is 81.9 Å². The highest BCUT2D eigenvalue weighted by Gasteiger charge is 2.37. The molecule has 2 aliphatic rings. The molecule has 2 amide bonds. The predicted molar refractivity (Wildman–Crippen MR) is 191 cm³/mol. The molecule has 3 aromatic rings. The first kappa shape index (κ1) is 35.5. The Kier molecular flexibility index (Phi) is 12.2. The van der Waals surface area contributed by atoms with E-state index in [0.29, 0.717) is 31.9 Å². The predicted octanol–water partition coefficient (Wildman–Crippen LogP) is 5.86. The molecule has 2 aliphatic heterocycles. The Hall–Kier alpha value is -3.82. The minimum atomic E-state index is -0.182. The number of benzene rings is 2. The maximum Gasteiger partial charge on any atom is 0.257 e. The van der Waals surface area contributed by atoms with Crippen molar-refractivity contribution in [2.75, 3.05) is 63.9 Å². The second-order valence-electron chi connectivity index (χ2n) is 13.7. The molecular formula is C39H54N6O3. The molecule has 1 unspecified atom stereocenters. The molecule has 0 N–H and O–H groups in total. The van der Waals surface area contributed by atoms with Gasteiger partial charge in [-0.3, -0.25) is 14.5 Å². The van der Waals surface area contributed by atoms with Crippen molar-refractivity contribution in [3.63, 3.8) is 0 Å². The smallest absolute Gasteiger partial charge is 0.257 e. The Morgan fingerprint density at radius 3 is 2.15 bits per heavy atom. The summed E-state index contributed by atoms with van der Waals surface area (Å²) in [6.45, 7) is 18.2. The zero-order chi connectivity index (χ0) is 34.1. The second-order valence-corrected chi connectivity index (χ2v) is 13.7. The molecule has 0 saturated carbocycles. The van der Waals surface area contributed by atoms with Crippen LogP contribution >= 0.6 is 0 Å². The number of hydrogen-bond acceptors (Lipinski definition) is 7. The third kappa shape index (κ3) is 8.60. The van der Waals surface area contributed by atoms with Crippen LogP contribution in [-0.4, -0.2) is 101 Å². The molecule has 258 valence electrons. The lowest BCUT2D eigenvalue weighted by Gasteiger charge is -2.47.